The molecule has 3 saturated heterocycles. The number of hydrogen-bond donors (Lipinski definition) is 1. The predicted molar refractivity (Wildman–Crippen MR) is 75.8 cm³/mol. The second-order valence-electron chi connectivity index (χ2n) is 6.94. The normalized spacial score (nSPS) is 46.5. The highest BCUT2D eigenvalue weighted by Crippen LogP contribution is 2.34. The highest BCUT2D eigenvalue weighted by molar-refractivity contribution is 4.97. The van der Waals surface area contributed by atoms with E-state index < -0.39 is 0 Å². The average molecular weight is 251 g/mol. The van der Waals surface area contributed by atoms with Crippen LogP contribution in [0.25, 0.3) is 0 Å². The van der Waals surface area contributed by atoms with Gasteiger partial charge in [0.2, 0.25) is 0 Å². The van der Waals surface area contributed by atoms with Crippen LogP contribution in [0.3, 0.4) is 0 Å². The molecule has 3 fully saturated rings. The fraction of sp³-hybridized carbons (Fsp3) is 1.00. The van der Waals surface area contributed by atoms with E-state index in [4.69, 9.17) is 0 Å². The third kappa shape index (κ3) is 2.45. The number of piperidine rings is 2. The lowest BCUT2D eigenvalue weighted by atomic mass is 9.93. The summed E-state index contributed by atoms with van der Waals surface area (Å²) in [5, 5.41) is 3.98. The van der Waals surface area contributed by atoms with Crippen LogP contribution in [0, 0.1) is 0 Å². The molecule has 0 aromatic rings. The molecule has 1 N–H and O–H groups in total. The molecule has 0 spiro atoms. The van der Waals surface area contributed by atoms with Gasteiger partial charge in [0.1, 0.15) is 0 Å². The molecular formula is C15H29N3. The molecule has 3 aliphatic heterocycles. The van der Waals surface area contributed by atoms with Crippen LogP contribution in [0.5, 0.6) is 0 Å². The van der Waals surface area contributed by atoms with Crippen molar-refractivity contribution in [1.82, 2.24) is 15.1 Å². The van der Waals surface area contributed by atoms with Crippen molar-refractivity contribution in [3.8, 4) is 0 Å². The van der Waals surface area contributed by atoms with Gasteiger partial charge < -0.3 is 15.1 Å². The van der Waals surface area contributed by atoms with Gasteiger partial charge in [-0.1, -0.05) is 0 Å². The Morgan fingerprint density at radius 2 is 1.56 bits per heavy atom. The van der Waals surface area contributed by atoms with Crippen LogP contribution in [-0.2, 0) is 0 Å². The van der Waals surface area contributed by atoms with Gasteiger partial charge >= 0.3 is 0 Å². The van der Waals surface area contributed by atoms with Crippen LogP contribution < -0.4 is 5.32 Å². The third-order valence-corrected chi connectivity index (χ3v) is 5.78. The van der Waals surface area contributed by atoms with E-state index in [0.717, 1.165) is 30.2 Å². The van der Waals surface area contributed by atoms with Gasteiger partial charge in [0.05, 0.1) is 0 Å². The first-order valence-electron chi connectivity index (χ1n) is 7.81. The van der Waals surface area contributed by atoms with Gasteiger partial charge in [-0.3, -0.25) is 0 Å². The maximum atomic E-state index is 3.98. The Morgan fingerprint density at radius 3 is 2.17 bits per heavy atom. The molecule has 0 saturated carbocycles. The average Bonchev–Trinajstić information content (AvgIpc) is 2.58. The van der Waals surface area contributed by atoms with E-state index in [0.29, 0.717) is 0 Å². The molecule has 4 atom stereocenters. The molecule has 3 nitrogen and oxygen atoms in total. The minimum Gasteiger partial charge on any atom is -0.311 e. The highest BCUT2D eigenvalue weighted by atomic mass is 15.2. The smallest absolute Gasteiger partial charge is 0.0111 e. The Hall–Kier alpha value is -0.120. The molecule has 4 unspecified atom stereocenters. The molecule has 0 aromatic heterocycles. The Bertz CT molecular complexity index is 279. The van der Waals surface area contributed by atoms with E-state index in [1.54, 1.807) is 0 Å². The summed E-state index contributed by atoms with van der Waals surface area (Å²) < 4.78 is 0. The monoisotopic (exact) mass is 251 g/mol. The summed E-state index contributed by atoms with van der Waals surface area (Å²) in [5.41, 5.74) is 0. The van der Waals surface area contributed by atoms with Crippen LogP contribution in [0.15, 0.2) is 0 Å². The fourth-order valence-electron chi connectivity index (χ4n) is 4.32. The van der Waals surface area contributed by atoms with E-state index in [2.05, 4.69) is 36.1 Å². The Kier molecular flexibility index (Phi) is 3.65. The summed E-state index contributed by atoms with van der Waals surface area (Å²) in [7, 11) is 4.59. The fourth-order valence-corrected chi connectivity index (χ4v) is 4.32. The third-order valence-electron chi connectivity index (χ3n) is 5.78. The molecule has 0 amide bonds. The van der Waals surface area contributed by atoms with E-state index >= 15 is 0 Å². The number of fused-ring (bicyclic) bond motifs is 2. The van der Waals surface area contributed by atoms with Crippen molar-refractivity contribution in [3.63, 3.8) is 0 Å². The zero-order valence-electron chi connectivity index (χ0n) is 12.2. The van der Waals surface area contributed by atoms with Gasteiger partial charge in [0.15, 0.2) is 0 Å². The molecule has 3 aliphatic rings. The van der Waals surface area contributed by atoms with Gasteiger partial charge in [-0.05, 0) is 66.1 Å². The van der Waals surface area contributed by atoms with Gasteiger partial charge in [0, 0.05) is 30.2 Å². The highest BCUT2D eigenvalue weighted by Gasteiger charge is 2.39. The number of hydrogen-bond acceptors (Lipinski definition) is 3. The molecule has 0 aliphatic carbocycles. The van der Waals surface area contributed by atoms with Crippen molar-refractivity contribution in [2.24, 2.45) is 0 Å². The number of nitrogens with zero attached hydrogens (tertiary/aromatic N) is 2. The number of nitrogens with one attached hydrogen (secondary N) is 1. The van der Waals surface area contributed by atoms with E-state index in [-0.39, 0.29) is 0 Å². The van der Waals surface area contributed by atoms with Gasteiger partial charge in [-0.15, -0.1) is 0 Å². The summed E-state index contributed by atoms with van der Waals surface area (Å²) in [6.45, 7) is 3.63. The summed E-state index contributed by atoms with van der Waals surface area (Å²) in [6, 6.07) is 4.04. The summed E-state index contributed by atoms with van der Waals surface area (Å²) >= 11 is 0. The van der Waals surface area contributed by atoms with E-state index in [1.165, 1.54) is 45.1 Å². The molecule has 3 rings (SSSR count). The first-order chi connectivity index (χ1) is 8.63. The first-order valence-corrected chi connectivity index (χ1v) is 7.81. The Balaban J connectivity index is 1.52. The molecule has 0 radical (unpaired) electrons. The van der Waals surface area contributed by atoms with Gasteiger partial charge in [-0.2, -0.15) is 0 Å². The van der Waals surface area contributed by atoms with Crippen molar-refractivity contribution in [2.45, 2.75) is 75.7 Å². The van der Waals surface area contributed by atoms with Crippen molar-refractivity contribution in [2.75, 3.05) is 20.6 Å². The van der Waals surface area contributed by atoms with Gasteiger partial charge in [0.25, 0.3) is 0 Å². The number of rotatable bonds is 2. The second-order valence-corrected chi connectivity index (χ2v) is 6.94. The lowest BCUT2D eigenvalue weighted by Crippen LogP contribution is -2.53. The summed E-state index contributed by atoms with van der Waals surface area (Å²) in [6.07, 6.45) is 8.30. The van der Waals surface area contributed by atoms with Crippen LogP contribution in [0.4, 0.5) is 0 Å². The van der Waals surface area contributed by atoms with Crippen LogP contribution in [0.2, 0.25) is 0 Å². The van der Waals surface area contributed by atoms with Crippen LogP contribution in [0.1, 0.15) is 45.4 Å². The zero-order valence-corrected chi connectivity index (χ0v) is 12.2. The minimum absolute atomic E-state index is 0.749. The molecule has 3 heteroatoms. The van der Waals surface area contributed by atoms with Crippen molar-refractivity contribution in [1.29, 1.82) is 0 Å². The molecule has 104 valence electrons. The van der Waals surface area contributed by atoms with Gasteiger partial charge in [-0.25, -0.2) is 0 Å². The topological polar surface area (TPSA) is 18.5 Å². The lowest BCUT2D eigenvalue weighted by molar-refractivity contribution is 0.119. The molecule has 2 bridgehead atoms. The Labute approximate surface area is 112 Å². The quantitative estimate of drug-likeness (QED) is 0.805. The second kappa shape index (κ2) is 5.10. The van der Waals surface area contributed by atoms with Crippen LogP contribution in [-0.4, -0.2) is 60.6 Å². The lowest BCUT2D eigenvalue weighted by Gasteiger charge is -2.41. The summed E-state index contributed by atoms with van der Waals surface area (Å²) in [5.74, 6) is 0. The number of likely N-dealkylation sites (tertiary alicyclic amines) is 1. The molecule has 18 heavy (non-hydrogen) atoms. The van der Waals surface area contributed by atoms with E-state index in [9.17, 15) is 0 Å². The SMILES string of the molecule is CC1CC(NC2CC3CCC(C2)N3C)CCN1C. The predicted octanol–water partition coefficient (Wildman–Crippen LogP) is 1.68. The zero-order chi connectivity index (χ0) is 12.7. The maximum absolute atomic E-state index is 3.98. The molecule has 0 aromatic carbocycles. The van der Waals surface area contributed by atoms with E-state index in [1.807, 2.05) is 0 Å². The van der Waals surface area contributed by atoms with Crippen molar-refractivity contribution >= 4 is 0 Å². The minimum atomic E-state index is 0.749. The summed E-state index contributed by atoms with van der Waals surface area (Å²) in [4.78, 5) is 5.13. The maximum Gasteiger partial charge on any atom is 0.0111 e. The largest absolute Gasteiger partial charge is 0.311 e. The Morgan fingerprint density at radius 1 is 0.889 bits per heavy atom. The van der Waals surface area contributed by atoms with Crippen molar-refractivity contribution < 1.29 is 0 Å². The van der Waals surface area contributed by atoms with Crippen molar-refractivity contribution in [3.05, 3.63) is 0 Å². The van der Waals surface area contributed by atoms with Crippen LogP contribution >= 0.6 is 0 Å². The first kappa shape index (κ1) is 12.9. The molecular weight excluding hydrogens is 222 g/mol. The standard InChI is InChI=1S/C15H29N3/c1-11-8-12(6-7-17(11)2)16-13-9-14-4-5-15(10-13)18(14)3/h11-16H,4-10H2,1-3H3. The molecule has 3 heterocycles.